The Bertz CT molecular complexity index is 1560. The predicted molar refractivity (Wildman–Crippen MR) is 149 cm³/mol. The van der Waals surface area contributed by atoms with Crippen molar-refractivity contribution in [3.63, 3.8) is 0 Å². The Balaban J connectivity index is 1.32. The Morgan fingerprint density at radius 1 is 1.08 bits per heavy atom. The lowest BCUT2D eigenvalue weighted by molar-refractivity contribution is -0.137. The normalized spacial score (nSPS) is 17.2. The number of aromatic nitrogens is 4. The third-order valence-electron chi connectivity index (χ3n) is 7.86. The molecule has 0 radical (unpaired) electrons. The van der Waals surface area contributed by atoms with Crippen LogP contribution in [0.3, 0.4) is 0 Å². The fraction of sp³-hybridized carbons (Fsp3) is 0.400. The van der Waals surface area contributed by atoms with Crippen LogP contribution in [0.5, 0.6) is 0 Å². The molecule has 0 unspecified atom stereocenters. The van der Waals surface area contributed by atoms with E-state index in [9.17, 15) is 14.7 Å². The summed E-state index contributed by atoms with van der Waals surface area (Å²) in [5, 5.41) is 16.3. The summed E-state index contributed by atoms with van der Waals surface area (Å²) in [6.45, 7) is 1.91. The average Bonchev–Trinajstić information content (AvgIpc) is 3.69. The number of benzene rings is 2. The van der Waals surface area contributed by atoms with E-state index in [-0.39, 0.29) is 23.9 Å². The molecular formula is C30H34N6O3. The van der Waals surface area contributed by atoms with Gasteiger partial charge >= 0.3 is 0 Å². The van der Waals surface area contributed by atoms with E-state index < -0.39 is 5.60 Å². The maximum absolute atomic E-state index is 13.5. The molecule has 2 aromatic carbocycles. The Kier molecular flexibility index (Phi) is 6.56. The summed E-state index contributed by atoms with van der Waals surface area (Å²) in [6.07, 6.45) is 5.90. The molecule has 1 aliphatic carbocycles. The van der Waals surface area contributed by atoms with Gasteiger partial charge in [-0.25, -0.2) is 9.67 Å². The van der Waals surface area contributed by atoms with Gasteiger partial charge in [0.2, 0.25) is 5.91 Å². The van der Waals surface area contributed by atoms with E-state index in [1.54, 1.807) is 10.9 Å². The molecule has 0 bridgehead atoms. The zero-order valence-electron chi connectivity index (χ0n) is 22.5. The van der Waals surface area contributed by atoms with Crippen LogP contribution < -0.4 is 5.56 Å². The van der Waals surface area contributed by atoms with Crippen molar-refractivity contribution >= 4 is 16.9 Å². The first-order valence-electron chi connectivity index (χ1n) is 13.6. The summed E-state index contributed by atoms with van der Waals surface area (Å²) in [6, 6.07) is 16.3. The van der Waals surface area contributed by atoms with Gasteiger partial charge in [0.15, 0.2) is 5.65 Å². The van der Waals surface area contributed by atoms with Crippen molar-refractivity contribution in [1.29, 1.82) is 0 Å². The lowest BCUT2D eigenvalue weighted by atomic mass is 9.91. The summed E-state index contributed by atoms with van der Waals surface area (Å²) in [7, 11) is 4.08. The second-order valence-electron chi connectivity index (χ2n) is 11.2. The molecule has 0 spiro atoms. The summed E-state index contributed by atoms with van der Waals surface area (Å²) >= 11 is 0. The minimum Gasteiger partial charge on any atom is -0.388 e. The largest absolute Gasteiger partial charge is 0.388 e. The monoisotopic (exact) mass is 526 g/mol. The number of fused-ring (bicyclic) bond motifs is 1. The van der Waals surface area contributed by atoms with Crippen molar-refractivity contribution in [3.8, 4) is 16.8 Å². The quantitative estimate of drug-likeness (QED) is 0.398. The highest BCUT2D eigenvalue weighted by molar-refractivity contribution is 5.82. The van der Waals surface area contributed by atoms with Crippen LogP contribution >= 0.6 is 0 Å². The first-order valence-corrected chi connectivity index (χ1v) is 13.6. The predicted octanol–water partition coefficient (Wildman–Crippen LogP) is 3.07. The van der Waals surface area contributed by atoms with E-state index in [1.165, 1.54) is 10.9 Å². The molecule has 9 nitrogen and oxygen atoms in total. The van der Waals surface area contributed by atoms with Gasteiger partial charge in [-0.3, -0.25) is 14.2 Å². The molecule has 3 heterocycles. The van der Waals surface area contributed by atoms with E-state index >= 15 is 0 Å². The highest BCUT2D eigenvalue weighted by Gasteiger charge is 2.39. The van der Waals surface area contributed by atoms with Gasteiger partial charge in [0, 0.05) is 31.1 Å². The Labute approximate surface area is 227 Å². The lowest BCUT2D eigenvalue weighted by Crippen LogP contribution is -2.50. The van der Waals surface area contributed by atoms with Gasteiger partial charge in [0.05, 0.1) is 24.0 Å². The van der Waals surface area contributed by atoms with Crippen molar-refractivity contribution < 1.29 is 9.90 Å². The van der Waals surface area contributed by atoms with E-state index in [4.69, 9.17) is 0 Å². The molecule has 2 aromatic heterocycles. The molecule has 1 aliphatic heterocycles. The number of carbonyl (C=O) groups is 1. The number of hydrogen-bond acceptors (Lipinski definition) is 6. The number of hydrogen-bond donors (Lipinski definition) is 1. The zero-order chi connectivity index (χ0) is 27.1. The van der Waals surface area contributed by atoms with Crippen LogP contribution in [0.25, 0.3) is 27.8 Å². The van der Waals surface area contributed by atoms with Crippen LogP contribution in [0.1, 0.15) is 31.2 Å². The van der Waals surface area contributed by atoms with E-state index in [1.807, 2.05) is 49.3 Å². The van der Waals surface area contributed by atoms with E-state index in [0.717, 1.165) is 41.8 Å². The number of likely N-dealkylation sites (tertiary alicyclic amines) is 1. The fourth-order valence-electron chi connectivity index (χ4n) is 5.62. The van der Waals surface area contributed by atoms with Crippen LogP contribution in [0.15, 0.2) is 65.8 Å². The third kappa shape index (κ3) is 4.99. The van der Waals surface area contributed by atoms with Gasteiger partial charge in [-0.15, -0.1) is 0 Å². The van der Waals surface area contributed by atoms with E-state index in [2.05, 4.69) is 33.2 Å². The molecule has 6 rings (SSSR count). The van der Waals surface area contributed by atoms with Crippen LogP contribution in [0.2, 0.25) is 0 Å². The fourth-order valence-corrected chi connectivity index (χ4v) is 5.62. The van der Waals surface area contributed by atoms with Crippen molar-refractivity contribution in [3.05, 3.63) is 77.0 Å². The molecule has 4 aromatic rings. The summed E-state index contributed by atoms with van der Waals surface area (Å²) in [4.78, 5) is 34.6. The topological polar surface area (TPSA) is 96.5 Å². The smallest absolute Gasteiger partial charge is 0.264 e. The third-order valence-corrected chi connectivity index (χ3v) is 7.86. The second-order valence-corrected chi connectivity index (χ2v) is 11.2. The summed E-state index contributed by atoms with van der Waals surface area (Å²) in [5.41, 5.74) is 3.30. The second kappa shape index (κ2) is 10.1. The van der Waals surface area contributed by atoms with Gasteiger partial charge in [0.25, 0.3) is 5.56 Å². The van der Waals surface area contributed by atoms with Crippen molar-refractivity contribution in [2.45, 2.75) is 44.4 Å². The molecule has 9 heteroatoms. The minimum absolute atomic E-state index is 0.138. The van der Waals surface area contributed by atoms with E-state index in [0.29, 0.717) is 37.0 Å². The Morgan fingerprint density at radius 2 is 1.82 bits per heavy atom. The van der Waals surface area contributed by atoms with Gasteiger partial charge in [-0.1, -0.05) is 42.5 Å². The number of piperidine rings is 1. The number of amides is 1. The molecule has 2 aliphatic rings. The zero-order valence-corrected chi connectivity index (χ0v) is 22.5. The minimum atomic E-state index is -1.06. The lowest BCUT2D eigenvalue weighted by Gasteiger charge is -2.38. The molecule has 0 atom stereocenters. The molecule has 1 N–H and O–H groups in total. The maximum Gasteiger partial charge on any atom is 0.264 e. The number of carbonyl (C=O) groups excluding carboxylic acids is 1. The van der Waals surface area contributed by atoms with Gasteiger partial charge in [-0.2, -0.15) is 5.10 Å². The molecule has 39 heavy (non-hydrogen) atoms. The summed E-state index contributed by atoms with van der Waals surface area (Å²) in [5.74, 6) is 0.377. The first-order chi connectivity index (χ1) is 18.8. The highest BCUT2D eigenvalue weighted by atomic mass is 16.3. The number of nitrogens with zero attached hydrogens (tertiary/aromatic N) is 6. The SMILES string of the molecule is CN(C)Cc1cccc(-n2ncc3c(=O)n(CC4(O)CCN(C(=O)C5CC5)CC4)cnc32)c1-c1ccccc1. The molecule has 1 amide bonds. The Morgan fingerprint density at radius 3 is 2.51 bits per heavy atom. The van der Waals surface area contributed by atoms with Crippen molar-refractivity contribution in [2.75, 3.05) is 27.2 Å². The summed E-state index contributed by atoms with van der Waals surface area (Å²) < 4.78 is 3.21. The number of aliphatic hydroxyl groups is 1. The Hall–Kier alpha value is -3.82. The number of rotatable bonds is 7. The van der Waals surface area contributed by atoms with Crippen LogP contribution in [-0.2, 0) is 17.9 Å². The molecule has 1 saturated heterocycles. The standard InChI is InChI=1S/C30H34N6O3/c1-33(2)18-23-9-6-10-25(26(23)21-7-4-3-5-8-21)36-27-24(17-32-36)29(38)35(20-31-27)19-30(39)13-15-34(16-14-30)28(37)22-11-12-22/h3-10,17,20,22,39H,11-16,18-19H2,1-2H3. The van der Waals surface area contributed by atoms with Gasteiger partial charge in [0.1, 0.15) is 11.7 Å². The van der Waals surface area contributed by atoms with Crippen LogP contribution in [-0.4, -0.2) is 72.9 Å². The average molecular weight is 527 g/mol. The first kappa shape index (κ1) is 25.5. The molecule has 2 fully saturated rings. The maximum atomic E-state index is 13.5. The van der Waals surface area contributed by atoms with Gasteiger partial charge < -0.3 is 14.9 Å². The van der Waals surface area contributed by atoms with Crippen molar-refractivity contribution in [2.24, 2.45) is 5.92 Å². The van der Waals surface area contributed by atoms with Crippen LogP contribution in [0.4, 0.5) is 0 Å². The molecular weight excluding hydrogens is 492 g/mol. The highest BCUT2D eigenvalue weighted by Crippen LogP contribution is 2.34. The van der Waals surface area contributed by atoms with Crippen LogP contribution in [0, 0.1) is 5.92 Å². The van der Waals surface area contributed by atoms with Crippen molar-refractivity contribution in [1.82, 2.24) is 29.1 Å². The van der Waals surface area contributed by atoms with Gasteiger partial charge in [-0.05, 0) is 57.0 Å². The molecule has 1 saturated carbocycles. The molecule has 202 valence electrons.